The number of sulfone groups is 1. The minimum absolute atomic E-state index is 0.110. The molecule has 0 amide bonds. The third-order valence-corrected chi connectivity index (χ3v) is 6.27. The zero-order chi connectivity index (χ0) is 21.1. The second kappa shape index (κ2) is 8.18. The Labute approximate surface area is 169 Å². The number of rotatable bonds is 7. The van der Waals surface area contributed by atoms with Crippen molar-refractivity contribution in [1.82, 2.24) is 10.2 Å². The lowest BCUT2D eigenvalue weighted by molar-refractivity contribution is 0.340. The van der Waals surface area contributed by atoms with Crippen molar-refractivity contribution in [2.45, 2.75) is 16.8 Å². The number of hydrogen-bond donors (Lipinski definition) is 1. The van der Waals surface area contributed by atoms with Crippen molar-refractivity contribution in [1.29, 1.82) is 0 Å². The van der Waals surface area contributed by atoms with E-state index in [1.165, 1.54) is 18.2 Å². The van der Waals surface area contributed by atoms with Gasteiger partial charge < -0.3 is 4.74 Å². The van der Waals surface area contributed by atoms with E-state index in [4.69, 9.17) is 4.74 Å². The number of benzene rings is 2. The normalized spacial score (nSPS) is 11.8. The van der Waals surface area contributed by atoms with Gasteiger partial charge in [-0.15, -0.1) is 10.2 Å². The molecule has 2 aromatic carbocycles. The second-order valence-electron chi connectivity index (χ2n) is 6.12. The Bertz CT molecular complexity index is 1190. The molecule has 3 rings (SSSR count). The van der Waals surface area contributed by atoms with Crippen molar-refractivity contribution in [3.05, 3.63) is 60.7 Å². The van der Waals surface area contributed by atoms with Gasteiger partial charge in [-0.05, 0) is 55.5 Å². The highest BCUT2D eigenvalue weighted by molar-refractivity contribution is 7.92. The maximum absolute atomic E-state index is 12.5. The maximum Gasteiger partial charge on any atom is 0.261 e. The van der Waals surface area contributed by atoms with Gasteiger partial charge in [0.05, 0.1) is 17.2 Å². The molecule has 29 heavy (non-hydrogen) atoms. The monoisotopic (exact) mass is 433 g/mol. The number of sulfonamides is 1. The topological polar surface area (TPSA) is 115 Å². The highest BCUT2D eigenvalue weighted by Gasteiger charge is 2.15. The van der Waals surface area contributed by atoms with E-state index >= 15 is 0 Å². The molecule has 10 heteroatoms. The molecule has 0 saturated carbocycles. The Balaban J connectivity index is 1.76. The molecule has 0 saturated heterocycles. The van der Waals surface area contributed by atoms with Gasteiger partial charge >= 0.3 is 0 Å². The van der Waals surface area contributed by atoms with Crippen molar-refractivity contribution >= 4 is 25.5 Å². The highest BCUT2D eigenvalue weighted by Crippen LogP contribution is 2.23. The first-order valence-corrected chi connectivity index (χ1v) is 12.0. The first-order chi connectivity index (χ1) is 13.7. The fourth-order valence-corrected chi connectivity index (χ4v) is 4.04. The minimum atomic E-state index is -3.74. The third kappa shape index (κ3) is 5.09. The van der Waals surface area contributed by atoms with E-state index in [0.717, 1.165) is 6.26 Å². The number of aromatic nitrogens is 2. The van der Waals surface area contributed by atoms with Crippen LogP contribution in [0.2, 0.25) is 0 Å². The van der Waals surface area contributed by atoms with Gasteiger partial charge in [0.25, 0.3) is 10.0 Å². The number of ether oxygens (including phenoxy) is 1. The molecule has 0 fully saturated rings. The summed E-state index contributed by atoms with van der Waals surface area (Å²) >= 11 is 0. The highest BCUT2D eigenvalue weighted by atomic mass is 32.2. The van der Waals surface area contributed by atoms with E-state index in [9.17, 15) is 16.8 Å². The Morgan fingerprint density at radius 2 is 1.52 bits per heavy atom. The Morgan fingerprint density at radius 1 is 0.862 bits per heavy atom. The van der Waals surface area contributed by atoms with Crippen LogP contribution in [0.1, 0.15) is 6.92 Å². The summed E-state index contributed by atoms with van der Waals surface area (Å²) in [6, 6.07) is 15.6. The molecule has 0 atom stereocenters. The van der Waals surface area contributed by atoms with E-state index < -0.39 is 19.9 Å². The first-order valence-electron chi connectivity index (χ1n) is 8.59. The molecule has 3 aromatic rings. The lowest BCUT2D eigenvalue weighted by atomic mass is 10.1. The van der Waals surface area contributed by atoms with Crippen LogP contribution in [0.5, 0.6) is 5.75 Å². The molecule has 0 aliphatic rings. The number of anilines is 1. The van der Waals surface area contributed by atoms with Crippen molar-refractivity contribution < 1.29 is 21.6 Å². The standard InChI is InChI=1S/C19H19N3O5S2/c1-3-27-16-8-10-17(11-9-16)29(25,26)22-15-6-4-14(5-7-15)18-12-13-19(21-20-18)28(2,23)24/h4-13,22H,3H2,1-2H3. The summed E-state index contributed by atoms with van der Waals surface area (Å²) in [6.07, 6.45) is 1.06. The lowest BCUT2D eigenvalue weighted by Gasteiger charge is -2.10. The lowest BCUT2D eigenvalue weighted by Crippen LogP contribution is -2.12. The van der Waals surface area contributed by atoms with Crippen LogP contribution < -0.4 is 9.46 Å². The van der Waals surface area contributed by atoms with Crippen LogP contribution in [0.25, 0.3) is 11.3 Å². The minimum Gasteiger partial charge on any atom is -0.494 e. The Morgan fingerprint density at radius 3 is 2.03 bits per heavy atom. The smallest absolute Gasteiger partial charge is 0.261 e. The average molecular weight is 434 g/mol. The summed E-state index contributed by atoms with van der Waals surface area (Å²) in [7, 11) is -7.16. The van der Waals surface area contributed by atoms with Gasteiger partial charge in [0.2, 0.25) is 0 Å². The van der Waals surface area contributed by atoms with Crippen molar-refractivity contribution in [2.24, 2.45) is 0 Å². The van der Waals surface area contributed by atoms with E-state index in [1.54, 1.807) is 42.5 Å². The summed E-state index contributed by atoms with van der Waals surface area (Å²) in [5.41, 5.74) is 1.52. The van der Waals surface area contributed by atoms with Gasteiger partial charge in [0.1, 0.15) is 5.75 Å². The quantitative estimate of drug-likeness (QED) is 0.609. The zero-order valence-corrected chi connectivity index (χ0v) is 17.4. The van der Waals surface area contributed by atoms with E-state index in [1.807, 2.05) is 6.92 Å². The largest absolute Gasteiger partial charge is 0.494 e. The molecule has 0 radical (unpaired) electrons. The zero-order valence-electron chi connectivity index (χ0n) is 15.7. The van der Waals surface area contributed by atoms with Crippen LogP contribution in [0.15, 0.2) is 70.6 Å². The SMILES string of the molecule is CCOc1ccc(S(=O)(=O)Nc2ccc(-c3ccc(S(C)(=O)=O)nn3)cc2)cc1. The summed E-state index contributed by atoms with van der Waals surface area (Å²) < 4.78 is 55.8. The second-order valence-corrected chi connectivity index (χ2v) is 9.76. The van der Waals surface area contributed by atoms with Crippen molar-refractivity contribution in [3.63, 3.8) is 0 Å². The van der Waals surface area contributed by atoms with Gasteiger partial charge in [-0.1, -0.05) is 12.1 Å². The van der Waals surface area contributed by atoms with Gasteiger partial charge in [-0.25, -0.2) is 16.8 Å². The molecule has 0 unspecified atom stereocenters. The molecular weight excluding hydrogens is 414 g/mol. The molecule has 1 heterocycles. The molecule has 8 nitrogen and oxygen atoms in total. The van der Waals surface area contributed by atoms with Crippen LogP contribution in [0.3, 0.4) is 0 Å². The fraction of sp³-hybridized carbons (Fsp3) is 0.158. The van der Waals surface area contributed by atoms with E-state index in [0.29, 0.717) is 29.3 Å². The summed E-state index contributed by atoms with van der Waals surface area (Å²) in [5, 5.41) is 7.51. The maximum atomic E-state index is 12.5. The molecule has 0 bridgehead atoms. The summed E-state index contributed by atoms with van der Waals surface area (Å²) in [6.45, 7) is 2.35. The summed E-state index contributed by atoms with van der Waals surface area (Å²) in [5.74, 6) is 0.596. The number of nitrogens with zero attached hydrogens (tertiary/aromatic N) is 2. The van der Waals surface area contributed by atoms with E-state index in [-0.39, 0.29) is 9.92 Å². The van der Waals surface area contributed by atoms with Gasteiger partial charge in [0.15, 0.2) is 14.9 Å². The fourth-order valence-electron chi connectivity index (χ4n) is 2.48. The average Bonchev–Trinajstić information content (AvgIpc) is 2.68. The van der Waals surface area contributed by atoms with Crippen molar-refractivity contribution in [2.75, 3.05) is 17.6 Å². The molecule has 0 aliphatic heterocycles. The molecule has 152 valence electrons. The number of hydrogen-bond acceptors (Lipinski definition) is 7. The van der Waals surface area contributed by atoms with Crippen molar-refractivity contribution in [3.8, 4) is 17.0 Å². The first kappa shape index (κ1) is 20.7. The molecular formula is C19H19N3O5S2. The van der Waals surface area contributed by atoms with Crippen LogP contribution in [0.4, 0.5) is 5.69 Å². The van der Waals surface area contributed by atoms with Crippen LogP contribution in [-0.2, 0) is 19.9 Å². The van der Waals surface area contributed by atoms with Crippen LogP contribution in [0, 0.1) is 0 Å². The van der Waals surface area contributed by atoms with Crippen LogP contribution in [-0.4, -0.2) is 39.9 Å². The van der Waals surface area contributed by atoms with E-state index in [2.05, 4.69) is 14.9 Å². The molecule has 1 N–H and O–H groups in total. The summed E-state index contributed by atoms with van der Waals surface area (Å²) in [4.78, 5) is 0.118. The van der Waals surface area contributed by atoms with Gasteiger partial charge in [-0.2, -0.15) is 0 Å². The Hall–Kier alpha value is -2.98. The number of nitrogens with one attached hydrogen (secondary N) is 1. The van der Waals surface area contributed by atoms with Gasteiger partial charge in [0, 0.05) is 17.5 Å². The molecule has 1 aromatic heterocycles. The molecule has 0 aliphatic carbocycles. The predicted octanol–water partition coefficient (Wildman–Crippen LogP) is 2.75. The Kier molecular flexibility index (Phi) is 5.85. The predicted molar refractivity (Wildman–Crippen MR) is 109 cm³/mol. The molecule has 0 spiro atoms. The van der Waals surface area contributed by atoms with Gasteiger partial charge in [-0.3, -0.25) is 4.72 Å². The van der Waals surface area contributed by atoms with Crippen LogP contribution >= 0.6 is 0 Å². The third-order valence-electron chi connectivity index (χ3n) is 3.90.